The SMILES string of the molecule is Cc1cc(N2CCN(C[C@H](O)c3ccc(NC(=O)C4CC4)cc3)CC2)nc(C)n1. The highest BCUT2D eigenvalue weighted by molar-refractivity contribution is 5.94. The third kappa shape index (κ3) is 5.10. The predicted octanol–water partition coefficient (Wildman–Crippen LogP) is 2.30. The van der Waals surface area contributed by atoms with Crippen LogP contribution in [0.2, 0.25) is 0 Å². The Morgan fingerprint density at radius 2 is 1.83 bits per heavy atom. The third-order valence-corrected chi connectivity index (χ3v) is 5.59. The van der Waals surface area contributed by atoms with Crippen molar-refractivity contribution in [1.82, 2.24) is 14.9 Å². The van der Waals surface area contributed by atoms with Crippen LogP contribution in [-0.2, 0) is 4.79 Å². The fraction of sp³-hybridized carbons (Fsp3) is 0.500. The van der Waals surface area contributed by atoms with E-state index in [9.17, 15) is 9.90 Å². The molecule has 0 radical (unpaired) electrons. The standard InChI is InChI=1S/C22H29N5O2/c1-15-13-21(24-16(2)23-15)27-11-9-26(10-12-27)14-20(28)17-5-7-19(8-6-17)25-22(29)18-3-4-18/h5-8,13,18,20,28H,3-4,9-12,14H2,1-2H3,(H,25,29)/t20-/m0/s1. The Morgan fingerprint density at radius 3 is 2.45 bits per heavy atom. The average Bonchev–Trinajstić information content (AvgIpc) is 3.54. The Hall–Kier alpha value is -2.51. The Morgan fingerprint density at radius 1 is 1.14 bits per heavy atom. The number of nitrogens with zero attached hydrogens (tertiary/aromatic N) is 4. The van der Waals surface area contributed by atoms with Crippen LogP contribution in [0.3, 0.4) is 0 Å². The number of hydrogen-bond acceptors (Lipinski definition) is 6. The van der Waals surface area contributed by atoms with Crippen molar-refractivity contribution in [2.45, 2.75) is 32.8 Å². The van der Waals surface area contributed by atoms with Crippen molar-refractivity contribution < 1.29 is 9.90 Å². The van der Waals surface area contributed by atoms with Crippen LogP contribution in [0, 0.1) is 19.8 Å². The minimum absolute atomic E-state index is 0.102. The maximum Gasteiger partial charge on any atom is 0.227 e. The van der Waals surface area contributed by atoms with Crippen LogP contribution in [-0.4, -0.2) is 58.6 Å². The van der Waals surface area contributed by atoms with Gasteiger partial charge in [-0.05, 0) is 44.4 Å². The van der Waals surface area contributed by atoms with Crippen LogP contribution in [0.5, 0.6) is 0 Å². The number of aliphatic hydroxyl groups is 1. The van der Waals surface area contributed by atoms with Gasteiger partial charge in [-0.15, -0.1) is 0 Å². The van der Waals surface area contributed by atoms with Crippen LogP contribution in [0.25, 0.3) is 0 Å². The van der Waals surface area contributed by atoms with Crippen molar-refractivity contribution in [1.29, 1.82) is 0 Å². The lowest BCUT2D eigenvalue weighted by Crippen LogP contribution is -2.47. The minimum Gasteiger partial charge on any atom is -0.387 e. The van der Waals surface area contributed by atoms with Crippen molar-refractivity contribution in [2.24, 2.45) is 5.92 Å². The molecule has 7 nitrogen and oxygen atoms in total. The van der Waals surface area contributed by atoms with Crippen molar-refractivity contribution in [3.63, 3.8) is 0 Å². The first-order valence-corrected chi connectivity index (χ1v) is 10.4. The highest BCUT2D eigenvalue weighted by Gasteiger charge is 2.29. The second-order valence-corrected chi connectivity index (χ2v) is 8.10. The number of benzene rings is 1. The maximum atomic E-state index is 11.8. The Kier molecular flexibility index (Phi) is 5.78. The summed E-state index contributed by atoms with van der Waals surface area (Å²) >= 11 is 0. The summed E-state index contributed by atoms with van der Waals surface area (Å²) in [6.07, 6.45) is 1.44. The molecule has 1 aromatic carbocycles. The molecule has 1 saturated carbocycles. The number of aromatic nitrogens is 2. The van der Waals surface area contributed by atoms with E-state index in [0.29, 0.717) is 6.54 Å². The molecule has 1 atom stereocenters. The molecule has 1 aliphatic carbocycles. The first-order chi connectivity index (χ1) is 14.0. The molecule has 2 aliphatic rings. The Bertz CT molecular complexity index is 838. The fourth-order valence-electron chi connectivity index (χ4n) is 3.75. The van der Waals surface area contributed by atoms with E-state index in [2.05, 4.69) is 25.1 Å². The van der Waals surface area contributed by atoms with Gasteiger partial charge in [0.1, 0.15) is 11.6 Å². The first-order valence-electron chi connectivity index (χ1n) is 10.4. The number of aryl methyl sites for hydroxylation is 2. The number of β-amino-alcohol motifs (C(OH)–C–C–N with tert-alkyl or cyclic N) is 1. The number of amides is 1. The van der Waals surface area contributed by atoms with Crippen LogP contribution < -0.4 is 10.2 Å². The number of hydrogen-bond donors (Lipinski definition) is 2. The molecular formula is C22H29N5O2. The average molecular weight is 396 g/mol. The molecular weight excluding hydrogens is 366 g/mol. The summed E-state index contributed by atoms with van der Waals surface area (Å²) in [7, 11) is 0. The van der Waals surface area contributed by atoms with Crippen LogP contribution in [0.15, 0.2) is 30.3 Å². The minimum atomic E-state index is -0.543. The van der Waals surface area contributed by atoms with Crippen LogP contribution in [0.1, 0.15) is 36.0 Å². The van der Waals surface area contributed by atoms with Gasteiger partial charge in [-0.25, -0.2) is 9.97 Å². The largest absolute Gasteiger partial charge is 0.387 e. The number of carbonyl (C=O) groups excluding carboxylic acids is 1. The van der Waals surface area contributed by atoms with Gasteiger partial charge in [0.2, 0.25) is 5.91 Å². The molecule has 0 bridgehead atoms. The monoisotopic (exact) mass is 395 g/mol. The summed E-state index contributed by atoms with van der Waals surface area (Å²) in [5.74, 6) is 2.08. The second-order valence-electron chi connectivity index (χ2n) is 8.10. The smallest absolute Gasteiger partial charge is 0.227 e. The summed E-state index contributed by atoms with van der Waals surface area (Å²) < 4.78 is 0. The molecule has 2 N–H and O–H groups in total. The zero-order chi connectivity index (χ0) is 20.4. The topological polar surface area (TPSA) is 81.6 Å². The molecule has 2 aromatic rings. The normalized spacial score (nSPS) is 18.5. The van der Waals surface area contributed by atoms with Crippen molar-refractivity contribution >= 4 is 17.4 Å². The van der Waals surface area contributed by atoms with E-state index in [4.69, 9.17) is 0 Å². The Labute approximate surface area is 171 Å². The lowest BCUT2D eigenvalue weighted by molar-refractivity contribution is -0.117. The van der Waals surface area contributed by atoms with Gasteiger partial charge >= 0.3 is 0 Å². The Balaban J connectivity index is 1.28. The van der Waals surface area contributed by atoms with Gasteiger partial charge in [0.15, 0.2) is 0 Å². The molecule has 29 heavy (non-hydrogen) atoms. The van der Waals surface area contributed by atoms with E-state index in [1.165, 1.54) is 0 Å². The lowest BCUT2D eigenvalue weighted by atomic mass is 10.1. The molecule has 1 aliphatic heterocycles. The summed E-state index contributed by atoms with van der Waals surface area (Å²) in [6.45, 7) is 8.05. The van der Waals surface area contributed by atoms with Gasteiger partial charge in [-0.1, -0.05) is 12.1 Å². The molecule has 1 amide bonds. The van der Waals surface area contributed by atoms with E-state index in [1.807, 2.05) is 44.2 Å². The van der Waals surface area contributed by atoms with Crippen LogP contribution in [0.4, 0.5) is 11.5 Å². The van der Waals surface area contributed by atoms with Gasteiger partial charge < -0.3 is 15.3 Å². The van der Waals surface area contributed by atoms with Crippen molar-refractivity contribution in [2.75, 3.05) is 42.9 Å². The highest BCUT2D eigenvalue weighted by atomic mass is 16.3. The van der Waals surface area contributed by atoms with E-state index < -0.39 is 6.10 Å². The molecule has 1 aromatic heterocycles. The quantitative estimate of drug-likeness (QED) is 0.781. The molecule has 154 valence electrons. The van der Waals surface area contributed by atoms with Crippen LogP contribution >= 0.6 is 0 Å². The zero-order valence-electron chi connectivity index (χ0n) is 17.1. The van der Waals surface area contributed by atoms with E-state index >= 15 is 0 Å². The molecule has 2 fully saturated rings. The second kappa shape index (κ2) is 8.47. The number of nitrogens with one attached hydrogen (secondary N) is 1. The highest BCUT2D eigenvalue weighted by Crippen LogP contribution is 2.30. The van der Waals surface area contributed by atoms with Gasteiger partial charge in [0, 0.05) is 56.1 Å². The van der Waals surface area contributed by atoms with E-state index in [-0.39, 0.29) is 11.8 Å². The van der Waals surface area contributed by atoms with E-state index in [0.717, 1.165) is 67.6 Å². The number of aliphatic hydroxyl groups excluding tert-OH is 1. The lowest BCUT2D eigenvalue weighted by Gasteiger charge is -2.36. The number of piperazine rings is 1. The fourth-order valence-corrected chi connectivity index (χ4v) is 3.75. The summed E-state index contributed by atoms with van der Waals surface area (Å²) in [6, 6.07) is 9.57. The molecule has 0 unspecified atom stereocenters. The number of rotatable bonds is 6. The van der Waals surface area contributed by atoms with Gasteiger partial charge in [0.25, 0.3) is 0 Å². The summed E-state index contributed by atoms with van der Waals surface area (Å²) in [5.41, 5.74) is 2.66. The molecule has 2 heterocycles. The van der Waals surface area contributed by atoms with Gasteiger partial charge in [0.05, 0.1) is 6.10 Å². The van der Waals surface area contributed by atoms with Gasteiger partial charge in [-0.3, -0.25) is 9.69 Å². The van der Waals surface area contributed by atoms with Crippen molar-refractivity contribution in [3.8, 4) is 0 Å². The van der Waals surface area contributed by atoms with Gasteiger partial charge in [-0.2, -0.15) is 0 Å². The first kappa shape index (κ1) is 19.8. The van der Waals surface area contributed by atoms with E-state index in [1.54, 1.807) is 0 Å². The maximum absolute atomic E-state index is 11.8. The molecule has 7 heteroatoms. The predicted molar refractivity (Wildman–Crippen MR) is 113 cm³/mol. The van der Waals surface area contributed by atoms with Crippen molar-refractivity contribution in [3.05, 3.63) is 47.4 Å². The molecule has 0 spiro atoms. The number of anilines is 2. The molecule has 1 saturated heterocycles. The zero-order valence-corrected chi connectivity index (χ0v) is 17.1. The third-order valence-electron chi connectivity index (χ3n) is 5.59. The summed E-state index contributed by atoms with van der Waals surface area (Å²) in [5, 5.41) is 13.6. The summed E-state index contributed by atoms with van der Waals surface area (Å²) in [4.78, 5) is 25.3. The molecule has 4 rings (SSSR count). The number of carbonyl (C=O) groups is 1.